The molecule has 11 heavy (non-hydrogen) atoms. The lowest BCUT2D eigenvalue weighted by atomic mass is 10.3. The van der Waals surface area contributed by atoms with E-state index in [1.807, 2.05) is 6.07 Å². The summed E-state index contributed by atoms with van der Waals surface area (Å²) in [6.07, 6.45) is 0. The van der Waals surface area contributed by atoms with Crippen LogP contribution in [0.4, 0.5) is 10.1 Å². The molecule has 0 aliphatic carbocycles. The topological polar surface area (TPSA) is 12.0 Å². The summed E-state index contributed by atoms with van der Waals surface area (Å²) >= 11 is 2.08. The Hall–Kier alpha value is -0.0300. The Morgan fingerprint density at radius 1 is 1.45 bits per heavy atom. The first-order chi connectivity index (χ1) is 4.75. The van der Waals surface area contributed by atoms with E-state index in [1.54, 1.807) is 13.1 Å². The Morgan fingerprint density at radius 2 is 2.09 bits per heavy atom. The first kappa shape index (κ1) is 11.0. The maximum Gasteiger partial charge on any atom is 0.147 e. The summed E-state index contributed by atoms with van der Waals surface area (Å²) in [5, 5.41) is 2.78. The summed E-state index contributed by atoms with van der Waals surface area (Å²) < 4.78 is 13.7. The zero-order chi connectivity index (χ0) is 7.56. The van der Waals surface area contributed by atoms with Crippen molar-refractivity contribution in [2.75, 3.05) is 12.4 Å². The second-order valence-electron chi connectivity index (χ2n) is 1.85. The van der Waals surface area contributed by atoms with Crippen molar-refractivity contribution in [3.8, 4) is 0 Å². The van der Waals surface area contributed by atoms with Gasteiger partial charge < -0.3 is 5.32 Å². The monoisotopic (exact) mass is 287 g/mol. The number of para-hydroxylation sites is 1. The predicted molar refractivity (Wildman–Crippen MR) is 55.9 cm³/mol. The van der Waals surface area contributed by atoms with E-state index in [4.69, 9.17) is 0 Å². The molecule has 62 valence electrons. The van der Waals surface area contributed by atoms with Gasteiger partial charge in [0.2, 0.25) is 0 Å². The van der Waals surface area contributed by atoms with Crippen molar-refractivity contribution in [1.82, 2.24) is 0 Å². The summed E-state index contributed by atoms with van der Waals surface area (Å²) in [4.78, 5) is 0. The van der Waals surface area contributed by atoms with Gasteiger partial charge in [-0.15, -0.1) is 12.4 Å². The van der Waals surface area contributed by atoms with E-state index in [9.17, 15) is 4.39 Å². The van der Waals surface area contributed by atoms with Gasteiger partial charge in [-0.05, 0) is 34.7 Å². The number of benzene rings is 1. The van der Waals surface area contributed by atoms with Crippen LogP contribution in [0.1, 0.15) is 0 Å². The molecule has 0 saturated carbocycles. The van der Waals surface area contributed by atoms with Crippen molar-refractivity contribution in [1.29, 1.82) is 0 Å². The maximum atomic E-state index is 12.8. The van der Waals surface area contributed by atoms with Gasteiger partial charge in [-0.1, -0.05) is 6.07 Å². The molecule has 0 aliphatic heterocycles. The average Bonchev–Trinajstić information content (AvgIpc) is 1.88. The second kappa shape index (κ2) is 4.77. The molecule has 0 fully saturated rings. The van der Waals surface area contributed by atoms with Gasteiger partial charge in [0.05, 0.1) is 5.69 Å². The van der Waals surface area contributed by atoms with E-state index in [-0.39, 0.29) is 18.2 Å². The molecule has 0 spiro atoms. The number of hydrogen-bond acceptors (Lipinski definition) is 1. The standard InChI is InChI=1S/C7H7FIN.ClH/c1-10-7-5(8)3-2-4-6(7)9;/h2-4,10H,1H3;1H. The SMILES string of the molecule is CNc1c(F)cccc1I.Cl. The number of nitrogens with one attached hydrogen (secondary N) is 1. The molecule has 0 amide bonds. The summed E-state index contributed by atoms with van der Waals surface area (Å²) in [6.45, 7) is 0. The highest BCUT2D eigenvalue weighted by molar-refractivity contribution is 14.1. The first-order valence-corrected chi connectivity index (χ1v) is 3.95. The van der Waals surface area contributed by atoms with Gasteiger partial charge in [-0.2, -0.15) is 0 Å². The fourth-order valence-electron chi connectivity index (χ4n) is 0.737. The van der Waals surface area contributed by atoms with Crippen LogP contribution in [-0.2, 0) is 0 Å². The van der Waals surface area contributed by atoms with Gasteiger partial charge in [-0.25, -0.2) is 4.39 Å². The Morgan fingerprint density at radius 3 is 2.45 bits per heavy atom. The molecule has 0 atom stereocenters. The third kappa shape index (κ3) is 2.48. The zero-order valence-corrected chi connectivity index (χ0v) is 8.87. The highest BCUT2D eigenvalue weighted by Crippen LogP contribution is 2.20. The van der Waals surface area contributed by atoms with Crippen LogP contribution in [0.5, 0.6) is 0 Å². The molecule has 1 rings (SSSR count). The van der Waals surface area contributed by atoms with Crippen molar-refractivity contribution in [2.45, 2.75) is 0 Å². The van der Waals surface area contributed by atoms with E-state index in [0.29, 0.717) is 5.69 Å². The van der Waals surface area contributed by atoms with Crippen LogP contribution in [0, 0.1) is 9.39 Å². The Labute approximate surface area is 84.9 Å². The normalized spacial score (nSPS) is 8.64. The van der Waals surface area contributed by atoms with Gasteiger partial charge in [0.15, 0.2) is 0 Å². The number of rotatable bonds is 1. The molecule has 1 aromatic carbocycles. The molecule has 1 aromatic rings. The van der Waals surface area contributed by atoms with Crippen molar-refractivity contribution in [3.05, 3.63) is 27.6 Å². The number of hydrogen-bond donors (Lipinski definition) is 1. The van der Waals surface area contributed by atoms with Crippen molar-refractivity contribution in [2.24, 2.45) is 0 Å². The minimum absolute atomic E-state index is 0. The van der Waals surface area contributed by atoms with E-state index in [2.05, 4.69) is 27.9 Å². The van der Waals surface area contributed by atoms with Gasteiger partial charge in [-0.3, -0.25) is 0 Å². The Bertz CT molecular complexity index is 222. The molecule has 4 heteroatoms. The van der Waals surface area contributed by atoms with E-state index >= 15 is 0 Å². The van der Waals surface area contributed by atoms with Crippen LogP contribution in [0.2, 0.25) is 0 Å². The van der Waals surface area contributed by atoms with E-state index < -0.39 is 0 Å². The van der Waals surface area contributed by atoms with Crippen LogP contribution in [-0.4, -0.2) is 7.05 Å². The summed E-state index contributed by atoms with van der Waals surface area (Å²) in [7, 11) is 1.71. The summed E-state index contributed by atoms with van der Waals surface area (Å²) in [5.74, 6) is -0.200. The molecule has 0 heterocycles. The minimum Gasteiger partial charge on any atom is -0.385 e. The van der Waals surface area contributed by atoms with Gasteiger partial charge >= 0.3 is 0 Å². The number of halogens is 3. The molecule has 0 aliphatic rings. The first-order valence-electron chi connectivity index (χ1n) is 2.87. The molecule has 0 saturated heterocycles. The van der Waals surface area contributed by atoms with Crippen LogP contribution in [0.15, 0.2) is 18.2 Å². The van der Waals surface area contributed by atoms with Crippen molar-refractivity contribution in [3.63, 3.8) is 0 Å². The van der Waals surface area contributed by atoms with Gasteiger partial charge in [0.25, 0.3) is 0 Å². The smallest absolute Gasteiger partial charge is 0.147 e. The lowest BCUT2D eigenvalue weighted by Crippen LogP contribution is -1.94. The fraction of sp³-hybridized carbons (Fsp3) is 0.143. The highest BCUT2D eigenvalue weighted by Gasteiger charge is 2.01. The fourth-order valence-corrected chi connectivity index (χ4v) is 1.47. The minimum atomic E-state index is -0.200. The Kier molecular flexibility index (Phi) is 4.76. The molecule has 0 bridgehead atoms. The van der Waals surface area contributed by atoms with Crippen LogP contribution in [0.25, 0.3) is 0 Å². The quantitative estimate of drug-likeness (QED) is 0.783. The lowest BCUT2D eigenvalue weighted by Gasteiger charge is -2.02. The maximum absolute atomic E-state index is 12.8. The van der Waals surface area contributed by atoms with Crippen molar-refractivity contribution < 1.29 is 4.39 Å². The third-order valence-electron chi connectivity index (χ3n) is 1.21. The summed E-state index contributed by atoms with van der Waals surface area (Å²) in [6, 6.07) is 4.99. The van der Waals surface area contributed by atoms with Crippen LogP contribution in [0.3, 0.4) is 0 Å². The highest BCUT2D eigenvalue weighted by atomic mass is 127. The van der Waals surface area contributed by atoms with Crippen LogP contribution >= 0.6 is 35.0 Å². The van der Waals surface area contributed by atoms with E-state index in [0.717, 1.165) is 3.57 Å². The second-order valence-corrected chi connectivity index (χ2v) is 3.01. The summed E-state index contributed by atoms with van der Waals surface area (Å²) in [5.41, 5.74) is 0.572. The molecule has 0 unspecified atom stereocenters. The average molecular weight is 288 g/mol. The van der Waals surface area contributed by atoms with Crippen LogP contribution < -0.4 is 5.32 Å². The van der Waals surface area contributed by atoms with Crippen molar-refractivity contribution >= 4 is 40.7 Å². The molecule has 1 N–H and O–H groups in total. The molecular weight excluding hydrogens is 279 g/mol. The molecule has 0 radical (unpaired) electrons. The number of anilines is 1. The predicted octanol–water partition coefficient (Wildman–Crippen LogP) is 2.89. The van der Waals surface area contributed by atoms with Gasteiger partial charge in [0.1, 0.15) is 5.82 Å². The van der Waals surface area contributed by atoms with Gasteiger partial charge in [0, 0.05) is 10.6 Å². The molecular formula is C7H8ClFIN. The molecule has 0 aromatic heterocycles. The Balaban J connectivity index is 0.000001000. The lowest BCUT2D eigenvalue weighted by molar-refractivity contribution is 0.630. The largest absolute Gasteiger partial charge is 0.385 e. The zero-order valence-electron chi connectivity index (χ0n) is 5.90. The van der Waals surface area contributed by atoms with E-state index in [1.165, 1.54) is 6.07 Å². The third-order valence-corrected chi connectivity index (χ3v) is 2.11. The molecule has 1 nitrogen and oxygen atoms in total.